The fraction of sp³-hybridized carbons (Fsp3) is 0.200. The molecule has 3 rings (SSSR count). The maximum Gasteiger partial charge on any atom is 0.281 e. The van der Waals surface area contributed by atoms with Crippen LogP contribution < -0.4 is 14.9 Å². The van der Waals surface area contributed by atoms with Crippen LogP contribution in [0.25, 0.3) is 0 Å². The summed E-state index contributed by atoms with van der Waals surface area (Å²) in [5.41, 5.74) is 2.13. The van der Waals surface area contributed by atoms with E-state index in [0.29, 0.717) is 35.8 Å². The van der Waals surface area contributed by atoms with E-state index in [9.17, 15) is 9.90 Å². The summed E-state index contributed by atoms with van der Waals surface area (Å²) in [6, 6.07) is 22.9. The minimum Gasteiger partial charge on any atom is -0.494 e. The Kier molecular flexibility index (Phi) is 7.40. The lowest BCUT2D eigenvalue weighted by atomic mass is 9.85. The third-order valence-corrected chi connectivity index (χ3v) is 4.67. The second kappa shape index (κ2) is 10.4. The molecule has 2 N–H and O–H groups in total. The Balaban J connectivity index is 1.92. The quantitative estimate of drug-likeness (QED) is 0.408. The Labute approximate surface area is 182 Å². The molecule has 0 heterocycles. The molecule has 3 aromatic carbocycles. The minimum absolute atomic E-state index is 0.396. The van der Waals surface area contributed by atoms with Crippen molar-refractivity contribution in [1.29, 1.82) is 0 Å². The van der Waals surface area contributed by atoms with E-state index in [2.05, 4.69) is 10.5 Å². The highest BCUT2D eigenvalue weighted by molar-refractivity contribution is 5.91. The number of ether oxygens (including phenoxy) is 2. The van der Waals surface area contributed by atoms with Crippen molar-refractivity contribution in [2.75, 3.05) is 13.2 Å². The highest BCUT2D eigenvalue weighted by Crippen LogP contribution is 2.32. The number of aliphatic hydroxyl groups is 1. The second-order valence-corrected chi connectivity index (χ2v) is 6.74. The summed E-state index contributed by atoms with van der Waals surface area (Å²) in [6.07, 6.45) is 1.52. The summed E-state index contributed by atoms with van der Waals surface area (Å²) < 4.78 is 10.9. The normalized spacial score (nSPS) is 11.3. The monoisotopic (exact) mass is 418 g/mol. The summed E-state index contributed by atoms with van der Waals surface area (Å²) in [4.78, 5) is 13.1. The molecule has 31 heavy (non-hydrogen) atoms. The number of rotatable bonds is 9. The molecule has 160 valence electrons. The molecule has 0 aliphatic carbocycles. The maximum atomic E-state index is 13.1. The Bertz CT molecular complexity index is 950. The van der Waals surface area contributed by atoms with Crippen molar-refractivity contribution in [2.24, 2.45) is 5.10 Å². The van der Waals surface area contributed by atoms with Gasteiger partial charge in [0.2, 0.25) is 0 Å². The number of hydrogen-bond acceptors (Lipinski definition) is 5. The predicted octanol–water partition coefficient (Wildman–Crippen LogP) is 3.87. The van der Waals surface area contributed by atoms with Gasteiger partial charge in [0.1, 0.15) is 11.5 Å². The number of carbonyl (C=O) groups is 1. The standard InChI is InChI=1S/C25H26N2O4/c1-3-30-22-14-10-20(11-15-22)25(29,21-12-16-23(17-13-21)31-4-2)24(28)27-26-18-19-8-6-5-7-9-19/h5-18,29H,3-4H2,1-2H3,(H,27,28)/b26-18+. The third-order valence-electron chi connectivity index (χ3n) is 4.67. The summed E-state index contributed by atoms with van der Waals surface area (Å²) in [6.45, 7) is 4.83. The first-order chi connectivity index (χ1) is 15.1. The minimum atomic E-state index is -1.95. The maximum absolute atomic E-state index is 13.1. The number of hydrazone groups is 1. The van der Waals surface area contributed by atoms with Crippen LogP contribution in [0.3, 0.4) is 0 Å². The molecule has 0 spiro atoms. The number of nitrogens with one attached hydrogen (secondary N) is 1. The van der Waals surface area contributed by atoms with Crippen molar-refractivity contribution in [3.63, 3.8) is 0 Å². The molecule has 0 aliphatic heterocycles. The lowest BCUT2D eigenvalue weighted by molar-refractivity contribution is -0.136. The number of amides is 1. The van der Waals surface area contributed by atoms with E-state index in [1.165, 1.54) is 6.21 Å². The van der Waals surface area contributed by atoms with Gasteiger partial charge in [-0.2, -0.15) is 5.10 Å². The van der Waals surface area contributed by atoms with Crippen LogP contribution in [0.2, 0.25) is 0 Å². The van der Waals surface area contributed by atoms with Gasteiger partial charge in [0.25, 0.3) is 5.91 Å². The van der Waals surface area contributed by atoms with Crippen molar-refractivity contribution in [3.05, 3.63) is 95.6 Å². The van der Waals surface area contributed by atoms with E-state index < -0.39 is 11.5 Å². The van der Waals surface area contributed by atoms with E-state index >= 15 is 0 Å². The molecule has 0 saturated carbocycles. The average molecular weight is 418 g/mol. The summed E-state index contributed by atoms with van der Waals surface area (Å²) >= 11 is 0. The van der Waals surface area contributed by atoms with Gasteiger partial charge in [-0.15, -0.1) is 0 Å². The number of benzene rings is 3. The molecule has 6 nitrogen and oxygen atoms in total. The van der Waals surface area contributed by atoms with Crippen molar-refractivity contribution in [1.82, 2.24) is 5.43 Å². The molecular weight excluding hydrogens is 392 g/mol. The fourth-order valence-corrected chi connectivity index (χ4v) is 3.13. The van der Waals surface area contributed by atoms with Gasteiger partial charge < -0.3 is 14.6 Å². The van der Waals surface area contributed by atoms with Crippen LogP contribution in [-0.2, 0) is 10.4 Å². The van der Waals surface area contributed by atoms with E-state index in [4.69, 9.17) is 9.47 Å². The Morgan fingerprint density at radius 2 is 1.35 bits per heavy atom. The molecule has 0 unspecified atom stereocenters. The summed E-state index contributed by atoms with van der Waals surface area (Å²) in [7, 11) is 0. The van der Waals surface area contributed by atoms with Crippen molar-refractivity contribution in [3.8, 4) is 11.5 Å². The molecule has 0 radical (unpaired) electrons. The predicted molar refractivity (Wildman–Crippen MR) is 120 cm³/mol. The van der Waals surface area contributed by atoms with Crippen LogP contribution >= 0.6 is 0 Å². The molecule has 3 aromatic rings. The molecular formula is C25H26N2O4. The van der Waals surface area contributed by atoms with Gasteiger partial charge in [-0.25, -0.2) is 5.43 Å². The zero-order chi connectivity index (χ0) is 22.1. The number of hydrogen-bond donors (Lipinski definition) is 2. The molecule has 1 amide bonds. The van der Waals surface area contributed by atoms with Gasteiger partial charge in [-0.3, -0.25) is 4.79 Å². The van der Waals surface area contributed by atoms with Crippen LogP contribution in [0.4, 0.5) is 0 Å². The second-order valence-electron chi connectivity index (χ2n) is 6.74. The molecule has 0 aliphatic rings. The van der Waals surface area contributed by atoms with Crippen LogP contribution in [0.15, 0.2) is 84.0 Å². The van der Waals surface area contributed by atoms with E-state index in [0.717, 1.165) is 5.56 Å². The Hall–Kier alpha value is -3.64. The summed E-state index contributed by atoms with van der Waals surface area (Å²) in [5.74, 6) is 0.638. The van der Waals surface area contributed by atoms with Gasteiger partial charge in [-0.1, -0.05) is 54.6 Å². The lowest BCUT2D eigenvalue weighted by Crippen LogP contribution is -2.43. The SMILES string of the molecule is CCOc1ccc(C(O)(C(=O)N/N=C/c2ccccc2)c2ccc(OCC)cc2)cc1. The van der Waals surface area contributed by atoms with Gasteiger partial charge in [0.05, 0.1) is 19.4 Å². The van der Waals surface area contributed by atoms with Gasteiger partial charge >= 0.3 is 0 Å². The molecule has 0 bridgehead atoms. The number of carbonyl (C=O) groups excluding carboxylic acids is 1. The highest BCUT2D eigenvalue weighted by atomic mass is 16.5. The van der Waals surface area contributed by atoms with Crippen molar-refractivity contribution < 1.29 is 19.4 Å². The van der Waals surface area contributed by atoms with Crippen LogP contribution in [0.1, 0.15) is 30.5 Å². The number of nitrogens with zero attached hydrogens (tertiary/aromatic N) is 1. The molecule has 0 saturated heterocycles. The Morgan fingerprint density at radius 1 is 0.871 bits per heavy atom. The topological polar surface area (TPSA) is 80.2 Å². The first-order valence-electron chi connectivity index (χ1n) is 10.2. The smallest absolute Gasteiger partial charge is 0.281 e. The van der Waals surface area contributed by atoms with Crippen molar-refractivity contribution in [2.45, 2.75) is 19.4 Å². The molecule has 0 atom stereocenters. The molecule has 6 heteroatoms. The fourth-order valence-electron chi connectivity index (χ4n) is 3.13. The third kappa shape index (κ3) is 5.29. The van der Waals surface area contributed by atoms with E-state index in [-0.39, 0.29) is 0 Å². The first-order valence-corrected chi connectivity index (χ1v) is 10.2. The van der Waals surface area contributed by atoms with Gasteiger partial charge in [-0.05, 0) is 54.8 Å². The van der Waals surface area contributed by atoms with Crippen LogP contribution in [0.5, 0.6) is 11.5 Å². The van der Waals surface area contributed by atoms with Crippen LogP contribution in [0, 0.1) is 0 Å². The average Bonchev–Trinajstić information content (AvgIpc) is 2.80. The Morgan fingerprint density at radius 3 is 1.81 bits per heavy atom. The first kappa shape index (κ1) is 22.1. The van der Waals surface area contributed by atoms with Crippen LogP contribution in [-0.4, -0.2) is 30.4 Å². The van der Waals surface area contributed by atoms with E-state index in [1.54, 1.807) is 48.5 Å². The highest BCUT2D eigenvalue weighted by Gasteiger charge is 2.40. The zero-order valence-corrected chi connectivity index (χ0v) is 17.6. The lowest BCUT2D eigenvalue weighted by Gasteiger charge is -2.27. The molecule has 0 fully saturated rings. The van der Waals surface area contributed by atoms with Gasteiger partial charge in [0.15, 0.2) is 5.60 Å². The largest absolute Gasteiger partial charge is 0.494 e. The summed E-state index contributed by atoms with van der Waals surface area (Å²) in [5, 5.41) is 15.6. The molecule has 0 aromatic heterocycles. The van der Waals surface area contributed by atoms with Crippen molar-refractivity contribution >= 4 is 12.1 Å². The van der Waals surface area contributed by atoms with Gasteiger partial charge in [0, 0.05) is 0 Å². The zero-order valence-electron chi connectivity index (χ0n) is 17.6. The van der Waals surface area contributed by atoms with E-state index in [1.807, 2.05) is 44.2 Å².